The quantitative estimate of drug-likeness (QED) is 0.442. The van der Waals surface area contributed by atoms with Gasteiger partial charge in [0.05, 0.1) is 0 Å². The van der Waals surface area contributed by atoms with Crippen LogP contribution in [0.15, 0.2) is 23.8 Å². The van der Waals surface area contributed by atoms with Crippen LogP contribution in [0.1, 0.15) is 25.3 Å². The smallest absolute Gasteiger partial charge is 0.331 e. The van der Waals surface area contributed by atoms with Gasteiger partial charge in [-0.25, -0.2) is 4.79 Å². The highest BCUT2D eigenvalue weighted by atomic mass is 16.3. The van der Waals surface area contributed by atoms with Gasteiger partial charge in [0.15, 0.2) is 11.5 Å². The first-order valence-corrected chi connectivity index (χ1v) is 6.85. The minimum atomic E-state index is -0.782. The Hall–Kier alpha value is -2.83. The number of amides is 4. The van der Waals surface area contributed by atoms with Crippen molar-refractivity contribution in [3.63, 3.8) is 0 Å². The number of imide groups is 2. The summed E-state index contributed by atoms with van der Waals surface area (Å²) in [4.78, 5) is 36.8. The van der Waals surface area contributed by atoms with Gasteiger partial charge in [-0.15, -0.1) is 0 Å². The van der Waals surface area contributed by atoms with Crippen molar-refractivity contribution in [1.82, 2.24) is 10.2 Å². The van der Waals surface area contributed by atoms with Crippen LogP contribution in [0.3, 0.4) is 0 Å². The fourth-order valence-corrected chi connectivity index (χ4v) is 2.01. The number of aromatic hydroxyl groups is 2. The monoisotopic (exact) mass is 304 g/mol. The fraction of sp³-hybridized carbons (Fsp3) is 0.267. The predicted molar refractivity (Wildman–Crippen MR) is 77.9 cm³/mol. The van der Waals surface area contributed by atoms with Crippen molar-refractivity contribution in [2.45, 2.75) is 19.8 Å². The van der Waals surface area contributed by atoms with E-state index in [1.165, 1.54) is 24.3 Å². The van der Waals surface area contributed by atoms with E-state index in [1.807, 2.05) is 6.92 Å². The SMILES string of the molecule is CCCCN1C(=O)NC(=O)C(=Cc2ccc(O)c(O)c2)C1=O. The zero-order valence-electron chi connectivity index (χ0n) is 12.0. The predicted octanol–water partition coefficient (Wildman–Crippen LogP) is 1.36. The Bertz CT molecular complexity index is 666. The molecule has 1 aromatic carbocycles. The molecule has 22 heavy (non-hydrogen) atoms. The molecule has 0 bridgehead atoms. The molecule has 1 saturated heterocycles. The highest BCUT2D eigenvalue weighted by molar-refractivity contribution is 6.31. The zero-order valence-corrected chi connectivity index (χ0v) is 12.0. The molecule has 0 aliphatic carbocycles. The number of carbonyl (C=O) groups excluding carboxylic acids is 3. The number of unbranched alkanes of at least 4 members (excludes halogenated alkanes) is 1. The van der Waals surface area contributed by atoms with Crippen LogP contribution in [0.4, 0.5) is 4.79 Å². The number of carbonyl (C=O) groups is 3. The van der Waals surface area contributed by atoms with Gasteiger partial charge in [-0.2, -0.15) is 0 Å². The Balaban J connectivity index is 2.32. The second-order valence-corrected chi connectivity index (χ2v) is 4.88. The van der Waals surface area contributed by atoms with Gasteiger partial charge < -0.3 is 10.2 Å². The van der Waals surface area contributed by atoms with E-state index >= 15 is 0 Å². The van der Waals surface area contributed by atoms with Gasteiger partial charge in [0.25, 0.3) is 11.8 Å². The standard InChI is InChI=1S/C15H16N2O5/c1-2-3-6-17-14(21)10(13(20)16-15(17)22)7-9-4-5-11(18)12(19)8-9/h4-5,7-8,18-19H,2-3,6H2,1H3,(H,16,20,22). The van der Waals surface area contributed by atoms with Crippen molar-refractivity contribution in [1.29, 1.82) is 0 Å². The Morgan fingerprint density at radius 1 is 1.18 bits per heavy atom. The van der Waals surface area contributed by atoms with Crippen LogP contribution in [0.5, 0.6) is 11.5 Å². The molecule has 2 rings (SSSR count). The number of nitrogens with zero attached hydrogens (tertiary/aromatic N) is 1. The molecule has 3 N–H and O–H groups in total. The van der Waals surface area contributed by atoms with Gasteiger partial charge in [-0.05, 0) is 30.2 Å². The first-order chi connectivity index (χ1) is 10.4. The highest BCUT2D eigenvalue weighted by Gasteiger charge is 2.35. The van der Waals surface area contributed by atoms with Crippen LogP contribution in [-0.2, 0) is 9.59 Å². The first kappa shape index (κ1) is 15.6. The lowest BCUT2D eigenvalue weighted by atomic mass is 10.1. The molecule has 7 nitrogen and oxygen atoms in total. The molecule has 1 aliphatic heterocycles. The molecule has 1 aromatic rings. The van der Waals surface area contributed by atoms with Crippen molar-refractivity contribution in [2.75, 3.05) is 6.54 Å². The molecule has 0 aromatic heterocycles. The summed E-state index contributed by atoms with van der Waals surface area (Å²) in [6.45, 7) is 2.15. The first-order valence-electron chi connectivity index (χ1n) is 6.85. The lowest BCUT2D eigenvalue weighted by Crippen LogP contribution is -2.54. The second-order valence-electron chi connectivity index (χ2n) is 4.88. The van der Waals surface area contributed by atoms with E-state index in [0.717, 1.165) is 11.3 Å². The molecule has 0 atom stereocenters. The fourth-order valence-electron chi connectivity index (χ4n) is 2.01. The summed E-state index contributed by atoms with van der Waals surface area (Å²) in [5.41, 5.74) is 0.166. The third-order valence-electron chi connectivity index (χ3n) is 3.23. The number of benzene rings is 1. The molecule has 1 heterocycles. The Morgan fingerprint density at radius 3 is 2.55 bits per heavy atom. The van der Waals surface area contributed by atoms with E-state index in [2.05, 4.69) is 5.32 Å². The number of nitrogens with one attached hydrogen (secondary N) is 1. The molecule has 0 saturated carbocycles. The highest BCUT2D eigenvalue weighted by Crippen LogP contribution is 2.26. The lowest BCUT2D eigenvalue weighted by molar-refractivity contribution is -0.130. The summed E-state index contributed by atoms with van der Waals surface area (Å²) in [7, 11) is 0. The summed E-state index contributed by atoms with van der Waals surface area (Å²) in [5.74, 6) is -2.12. The maximum Gasteiger partial charge on any atom is 0.331 e. The van der Waals surface area contributed by atoms with Gasteiger partial charge in [0.1, 0.15) is 5.57 Å². The van der Waals surface area contributed by atoms with Crippen LogP contribution in [0.2, 0.25) is 0 Å². The van der Waals surface area contributed by atoms with Crippen LogP contribution in [-0.4, -0.2) is 39.5 Å². The van der Waals surface area contributed by atoms with Crippen molar-refractivity contribution < 1.29 is 24.6 Å². The van der Waals surface area contributed by atoms with Crippen molar-refractivity contribution in [3.8, 4) is 11.5 Å². The van der Waals surface area contributed by atoms with Gasteiger partial charge in [-0.3, -0.25) is 19.8 Å². The van der Waals surface area contributed by atoms with E-state index in [0.29, 0.717) is 12.0 Å². The molecule has 1 aliphatic rings. The molecule has 116 valence electrons. The summed E-state index contributed by atoms with van der Waals surface area (Å²) in [5, 5.41) is 20.8. The normalized spacial score (nSPS) is 17.0. The molecule has 0 unspecified atom stereocenters. The van der Waals surface area contributed by atoms with Crippen molar-refractivity contribution in [3.05, 3.63) is 29.3 Å². The van der Waals surface area contributed by atoms with Crippen LogP contribution in [0.25, 0.3) is 6.08 Å². The molecule has 4 amide bonds. The molecule has 7 heteroatoms. The van der Waals surface area contributed by atoms with E-state index in [9.17, 15) is 24.6 Å². The van der Waals surface area contributed by atoms with Gasteiger partial charge in [0, 0.05) is 6.54 Å². The largest absolute Gasteiger partial charge is 0.504 e. The summed E-state index contributed by atoms with van der Waals surface area (Å²) >= 11 is 0. The topological polar surface area (TPSA) is 107 Å². The third kappa shape index (κ3) is 3.08. The maximum absolute atomic E-state index is 12.3. The molecule has 0 radical (unpaired) electrons. The van der Waals surface area contributed by atoms with Crippen molar-refractivity contribution >= 4 is 23.9 Å². The zero-order chi connectivity index (χ0) is 16.3. The summed E-state index contributed by atoms with van der Waals surface area (Å²) in [6.07, 6.45) is 2.71. The maximum atomic E-state index is 12.3. The number of barbiturate groups is 1. The molecule has 1 fully saturated rings. The number of rotatable bonds is 4. The number of phenols is 2. The van der Waals surface area contributed by atoms with E-state index < -0.39 is 17.8 Å². The van der Waals surface area contributed by atoms with Crippen LogP contribution in [0, 0.1) is 0 Å². The minimum Gasteiger partial charge on any atom is -0.504 e. The average molecular weight is 304 g/mol. The lowest BCUT2D eigenvalue weighted by Gasteiger charge is -2.26. The molecular formula is C15H16N2O5. The van der Waals surface area contributed by atoms with Crippen molar-refractivity contribution in [2.24, 2.45) is 0 Å². The Kier molecular flexibility index (Phi) is 4.45. The molecular weight excluding hydrogens is 288 g/mol. The second kappa shape index (κ2) is 6.30. The third-order valence-corrected chi connectivity index (χ3v) is 3.23. The number of urea groups is 1. The van der Waals surface area contributed by atoms with E-state index in [4.69, 9.17) is 0 Å². The Labute approximate surface area is 126 Å². The Morgan fingerprint density at radius 2 is 1.91 bits per heavy atom. The van der Waals surface area contributed by atoms with Gasteiger partial charge in [0.2, 0.25) is 0 Å². The summed E-state index contributed by atoms with van der Waals surface area (Å²) < 4.78 is 0. The molecule has 0 spiro atoms. The van der Waals surface area contributed by atoms with Crippen LogP contribution >= 0.6 is 0 Å². The van der Waals surface area contributed by atoms with Crippen LogP contribution < -0.4 is 5.32 Å². The van der Waals surface area contributed by atoms with E-state index in [-0.39, 0.29) is 23.6 Å². The van der Waals surface area contributed by atoms with Gasteiger partial charge >= 0.3 is 6.03 Å². The number of hydrogen-bond acceptors (Lipinski definition) is 5. The van der Waals surface area contributed by atoms with Gasteiger partial charge in [-0.1, -0.05) is 19.4 Å². The average Bonchev–Trinajstić information content (AvgIpc) is 2.47. The minimum absolute atomic E-state index is 0.194. The van der Waals surface area contributed by atoms with E-state index in [1.54, 1.807) is 0 Å². The number of phenolic OH excluding ortho intramolecular Hbond substituents is 2. The number of hydrogen-bond donors (Lipinski definition) is 3. The summed E-state index contributed by atoms with van der Waals surface area (Å²) in [6, 6.07) is 3.17.